The summed E-state index contributed by atoms with van der Waals surface area (Å²) in [7, 11) is 0. The summed E-state index contributed by atoms with van der Waals surface area (Å²) < 4.78 is 0. The molecule has 3 nitrogen and oxygen atoms in total. The molecule has 1 fully saturated rings. The van der Waals surface area contributed by atoms with Crippen LogP contribution in [0.1, 0.15) is 19.3 Å². The van der Waals surface area contributed by atoms with Crippen LogP contribution in [0, 0.1) is 0 Å². The highest BCUT2D eigenvalue weighted by Crippen LogP contribution is 2.41. The molecule has 0 aliphatic heterocycles. The van der Waals surface area contributed by atoms with E-state index in [1.807, 2.05) is 6.26 Å². The lowest BCUT2D eigenvalue weighted by atomic mass is 9.77. The molecule has 0 amide bonds. The summed E-state index contributed by atoms with van der Waals surface area (Å²) in [6.07, 6.45) is 3.12. The Morgan fingerprint density at radius 1 is 1.73 bits per heavy atom. The molecule has 0 aromatic rings. The first-order chi connectivity index (χ1) is 5.06. The van der Waals surface area contributed by atoms with E-state index in [1.165, 1.54) is 0 Å². The number of hydrogen-bond donors (Lipinski definition) is 2. The third-order valence-electron chi connectivity index (χ3n) is 2.03. The van der Waals surface area contributed by atoms with Gasteiger partial charge in [-0.3, -0.25) is 4.79 Å². The fraction of sp³-hybridized carbons (Fsp3) is 0.857. The van der Waals surface area contributed by atoms with Crippen molar-refractivity contribution in [3.63, 3.8) is 0 Å². The normalized spacial score (nSPS) is 36.4. The summed E-state index contributed by atoms with van der Waals surface area (Å²) in [4.78, 5) is 10.2. The van der Waals surface area contributed by atoms with E-state index in [1.54, 1.807) is 11.8 Å². The van der Waals surface area contributed by atoms with Gasteiger partial charge in [-0.05, 0) is 19.1 Å². The molecule has 0 spiro atoms. The minimum absolute atomic E-state index is 0.107. The fourth-order valence-corrected chi connectivity index (χ4v) is 2.33. The van der Waals surface area contributed by atoms with Gasteiger partial charge in [-0.1, -0.05) is 0 Å². The van der Waals surface area contributed by atoms with Gasteiger partial charge < -0.3 is 10.2 Å². The van der Waals surface area contributed by atoms with Crippen LogP contribution in [-0.4, -0.2) is 33.3 Å². The smallest absolute Gasteiger partial charge is 0.306 e. The summed E-state index contributed by atoms with van der Waals surface area (Å²) in [5.74, 6) is -0.910. The first-order valence-electron chi connectivity index (χ1n) is 3.53. The number of carboxylic acids is 1. The lowest BCUT2D eigenvalue weighted by molar-refractivity contribution is -0.145. The second-order valence-electron chi connectivity index (χ2n) is 3.06. The number of rotatable bonds is 3. The molecule has 2 N–H and O–H groups in total. The molecule has 1 aliphatic carbocycles. The zero-order valence-electron chi connectivity index (χ0n) is 6.41. The van der Waals surface area contributed by atoms with Crippen LogP contribution in [0.5, 0.6) is 0 Å². The standard InChI is InChI=1S/C7H12O3S/c1-11-5-2-7(10,3-5)4-6(8)9/h5,10H,2-4H2,1H3,(H,8,9). The molecule has 0 saturated heterocycles. The largest absolute Gasteiger partial charge is 0.481 e. The summed E-state index contributed by atoms with van der Waals surface area (Å²) in [6.45, 7) is 0. The first kappa shape index (κ1) is 8.87. The van der Waals surface area contributed by atoms with Crippen LogP contribution in [0.3, 0.4) is 0 Å². The van der Waals surface area contributed by atoms with Crippen LogP contribution in [0.25, 0.3) is 0 Å². The van der Waals surface area contributed by atoms with E-state index >= 15 is 0 Å². The summed E-state index contributed by atoms with van der Waals surface area (Å²) >= 11 is 1.69. The van der Waals surface area contributed by atoms with Crippen LogP contribution in [0.2, 0.25) is 0 Å². The minimum atomic E-state index is -0.910. The second-order valence-corrected chi connectivity index (χ2v) is 4.20. The van der Waals surface area contributed by atoms with Gasteiger partial charge in [-0.2, -0.15) is 11.8 Å². The van der Waals surface area contributed by atoms with Crippen LogP contribution in [0.15, 0.2) is 0 Å². The average Bonchev–Trinajstić information content (AvgIpc) is 1.80. The lowest BCUT2D eigenvalue weighted by Gasteiger charge is -2.41. The Kier molecular flexibility index (Phi) is 2.44. The third kappa shape index (κ3) is 2.10. The van der Waals surface area contributed by atoms with Crippen molar-refractivity contribution in [3.05, 3.63) is 0 Å². The van der Waals surface area contributed by atoms with Gasteiger partial charge in [0.2, 0.25) is 0 Å². The molecule has 0 heterocycles. The van der Waals surface area contributed by atoms with Crippen molar-refractivity contribution in [2.75, 3.05) is 6.26 Å². The van der Waals surface area contributed by atoms with Gasteiger partial charge in [0, 0.05) is 5.25 Å². The molecule has 1 saturated carbocycles. The molecule has 0 aromatic carbocycles. The van der Waals surface area contributed by atoms with Crippen molar-refractivity contribution < 1.29 is 15.0 Å². The zero-order valence-corrected chi connectivity index (χ0v) is 7.23. The Morgan fingerprint density at radius 3 is 2.64 bits per heavy atom. The second kappa shape index (κ2) is 3.03. The molecule has 64 valence electrons. The number of hydrogen-bond acceptors (Lipinski definition) is 3. The Hall–Kier alpha value is -0.220. The molecular formula is C7H12O3S. The number of carboxylic acid groups (broad SMARTS) is 1. The fourth-order valence-electron chi connectivity index (χ4n) is 1.38. The van der Waals surface area contributed by atoms with Gasteiger partial charge in [0.1, 0.15) is 0 Å². The van der Waals surface area contributed by atoms with E-state index in [2.05, 4.69) is 0 Å². The highest BCUT2D eigenvalue weighted by atomic mass is 32.2. The third-order valence-corrected chi connectivity index (χ3v) is 3.03. The molecule has 1 rings (SSSR count). The van der Waals surface area contributed by atoms with Crippen LogP contribution in [0.4, 0.5) is 0 Å². The van der Waals surface area contributed by atoms with Gasteiger partial charge in [0.05, 0.1) is 12.0 Å². The van der Waals surface area contributed by atoms with E-state index in [-0.39, 0.29) is 6.42 Å². The maximum absolute atomic E-state index is 10.2. The number of aliphatic hydroxyl groups is 1. The molecule has 4 heteroatoms. The van der Waals surface area contributed by atoms with Crippen molar-refractivity contribution >= 4 is 17.7 Å². The monoisotopic (exact) mass is 176 g/mol. The van der Waals surface area contributed by atoms with Gasteiger partial charge in [0.25, 0.3) is 0 Å². The zero-order chi connectivity index (χ0) is 8.48. The van der Waals surface area contributed by atoms with Crippen LogP contribution in [-0.2, 0) is 4.79 Å². The van der Waals surface area contributed by atoms with Crippen molar-refractivity contribution in [2.45, 2.75) is 30.1 Å². The number of aliphatic carboxylic acids is 1. The molecule has 0 aromatic heterocycles. The van der Waals surface area contributed by atoms with Crippen molar-refractivity contribution in [1.82, 2.24) is 0 Å². The molecule has 0 radical (unpaired) electrons. The van der Waals surface area contributed by atoms with Crippen LogP contribution >= 0.6 is 11.8 Å². The Bertz CT molecular complexity index is 163. The van der Waals surface area contributed by atoms with Crippen molar-refractivity contribution in [2.24, 2.45) is 0 Å². The maximum atomic E-state index is 10.2. The molecule has 0 unspecified atom stereocenters. The first-order valence-corrected chi connectivity index (χ1v) is 4.81. The van der Waals surface area contributed by atoms with Crippen molar-refractivity contribution in [1.29, 1.82) is 0 Å². The summed E-state index contributed by atoms with van der Waals surface area (Å²) in [5, 5.41) is 18.4. The highest BCUT2D eigenvalue weighted by molar-refractivity contribution is 7.99. The van der Waals surface area contributed by atoms with Gasteiger partial charge in [-0.15, -0.1) is 0 Å². The molecular weight excluding hydrogens is 164 g/mol. The SMILES string of the molecule is CSC1CC(O)(CC(=O)O)C1. The van der Waals surface area contributed by atoms with Crippen LogP contribution < -0.4 is 0 Å². The van der Waals surface area contributed by atoms with E-state index in [0.717, 1.165) is 0 Å². The quantitative estimate of drug-likeness (QED) is 0.665. The Morgan fingerprint density at radius 2 is 2.27 bits per heavy atom. The van der Waals surface area contributed by atoms with Crippen molar-refractivity contribution in [3.8, 4) is 0 Å². The number of carbonyl (C=O) groups is 1. The Labute approximate surface area is 69.8 Å². The molecule has 1 aliphatic rings. The van der Waals surface area contributed by atoms with E-state index in [0.29, 0.717) is 18.1 Å². The highest BCUT2D eigenvalue weighted by Gasteiger charge is 2.43. The van der Waals surface area contributed by atoms with Gasteiger partial charge in [-0.25, -0.2) is 0 Å². The topological polar surface area (TPSA) is 57.5 Å². The van der Waals surface area contributed by atoms with E-state index in [9.17, 15) is 9.90 Å². The number of thioether (sulfide) groups is 1. The average molecular weight is 176 g/mol. The molecule has 11 heavy (non-hydrogen) atoms. The minimum Gasteiger partial charge on any atom is -0.481 e. The van der Waals surface area contributed by atoms with E-state index < -0.39 is 11.6 Å². The summed E-state index contributed by atoms with van der Waals surface area (Å²) in [6, 6.07) is 0. The van der Waals surface area contributed by atoms with Gasteiger partial charge >= 0.3 is 5.97 Å². The lowest BCUT2D eigenvalue weighted by Crippen LogP contribution is -2.47. The maximum Gasteiger partial charge on any atom is 0.306 e. The van der Waals surface area contributed by atoms with E-state index in [4.69, 9.17) is 5.11 Å². The van der Waals surface area contributed by atoms with Gasteiger partial charge in [0.15, 0.2) is 0 Å². The summed E-state index contributed by atoms with van der Waals surface area (Å²) in [5.41, 5.74) is -0.903. The molecule has 0 atom stereocenters. The predicted octanol–water partition coefficient (Wildman–Crippen LogP) is 0.718. The Balaban J connectivity index is 2.31. The predicted molar refractivity (Wildman–Crippen MR) is 43.7 cm³/mol. The molecule has 0 bridgehead atoms.